The van der Waals surface area contributed by atoms with Gasteiger partial charge in [0.2, 0.25) is 0 Å². The van der Waals surface area contributed by atoms with Gasteiger partial charge in [0.1, 0.15) is 24.3 Å². The van der Waals surface area contributed by atoms with Crippen molar-refractivity contribution in [2.24, 2.45) is 0 Å². The standard InChI is InChI=1S/C16H21ClN4O3/c1-11-8-13(2-3-14(11)17)24-10-12(22)9-21-16(23)20-5-4-15-18-6-7-19-15/h2-3,6-8,12,22H,4-5,9-10H2,1H3,(H,18,19)(H2,20,21,23)/t12-/m0/s1. The van der Waals surface area contributed by atoms with Crippen LogP contribution in [0.25, 0.3) is 0 Å². The third-order valence-electron chi connectivity index (χ3n) is 3.27. The molecule has 7 nitrogen and oxygen atoms in total. The van der Waals surface area contributed by atoms with Gasteiger partial charge in [-0.25, -0.2) is 9.78 Å². The average Bonchev–Trinajstić information content (AvgIpc) is 3.07. The maximum atomic E-state index is 11.6. The van der Waals surface area contributed by atoms with E-state index in [1.165, 1.54) is 0 Å². The molecule has 0 saturated carbocycles. The van der Waals surface area contributed by atoms with E-state index in [9.17, 15) is 9.90 Å². The van der Waals surface area contributed by atoms with E-state index < -0.39 is 6.10 Å². The van der Waals surface area contributed by atoms with Gasteiger partial charge < -0.3 is 25.5 Å². The van der Waals surface area contributed by atoms with Gasteiger partial charge in [0.25, 0.3) is 0 Å². The highest BCUT2D eigenvalue weighted by atomic mass is 35.5. The third-order valence-corrected chi connectivity index (χ3v) is 3.70. The molecule has 0 aliphatic rings. The van der Waals surface area contributed by atoms with Crippen LogP contribution in [-0.4, -0.2) is 46.9 Å². The molecule has 1 heterocycles. The number of hydrogen-bond donors (Lipinski definition) is 4. The first-order chi connectivity index (χ1) is 11.5. The fourth-order valence-corrected chi connectivity index (χ4v) is 2.08. The Bertz CT molecular complexity index is 649. The zero-order valence-electron chi connectivity index (χ0n) is 13.4. The predicted molar refractivity (Wildman–Crippen MR) is 91.4 cm³/mol. The van der Waals surface area contributed by atoms with Crippen LogP contribution >= 0.6 is 11.6 Å². The lowest BCUT2D eigenvalue weighted by Crippen LogP contribution is -2.42. The topological polar surface area (TPSA) is 99.3 Å². The summed E-state index contributed by atoms with van der Waals surface area (Å²) in [6, 6.07) is 4.92. The van der Waals surface area contributed by atoms with Crippen LogP contribution in [0.1, 0.15) is 11.4 Å². The van der Waals surface area contributed by atoms with Crippen LogP contribution in [0.2, 0.25) is 5.02 Å². The average molecular weight is 353 g/mol. The molecule has 2 rings (SSSR count). The summed E-state index contributed by atoms with van der Waals surface area (Å²) < 4.78 is 5.47. The van der Waals surface area contributed by atoms with Crippen LogP contribution in [0, 0.1) is 6.92 Å². The van der Waals surface area contributed by atoms with Crippen molar-refractivity contribution in [3.05, 3.63) is 47.0 Å². The number of aliphatic hydroxyl groups is 1. The summed E-state index contributed by atoms with van der Waals surface area (Å²) in [7, 11) is 0. The van der Waals surface area contributed by atoms with E-state index in [1.54, 1.807) is 30.6 Å². The molecule has 0 aliphatic carbocycles. The minimum atomic E-state index is -0.809. The highest BCUT2D eigenvalue weighted by molar-refractivity contribution is 6.31. The number of urea groups is 1. The molecule has 0 saturated heterocycles. The molecule has 130 valence electrons. The Hall–Kier alpha value is -2.25. The number of amides is 2. The number of benzene rings is 1. The second-order valence-electron chi connectivity index (χ2n) is 5.30. The van der Waals surface area contributed by atoms with E-state index in [1.807, 2.05) is 6.92 Å². The molecule has 1 aromatic heterocycles. The SMILES string of the molecule is Cc1cc(OC[C@@H](O)CNC(=O)NCCc2ncc[nH]2)ccc1Cl. The van der Waals surface area contributed by atoms with Crippen molar-refractivity contribution < 1.29 is 14.6 Å². The van der Waals surface area contributed by atoms with Gasteiger partial charge in [0.05, 0.1) is 0 Å². The number of hydrogen-bond acceptors (Lipinski definition) is 4. The number of aromatic nitrogens is 2. The second-order valence-corrected chi connectivity index (χ2v) is 5.71. The fourth-order valence-electron chi connectivity index (χ4n) is 1.96. The summed E-state index contributed by atoms with van der Waals surface area (Å²) in [5.41, 5.74) is 0.901. The molecule has 0 unspecified atom stereocenters. The first-order valence-electron chi connectivity index (χ1n) is 7.61. The van der Waals surface area contributed by atoms with Gasteiger partial charge in [0.15, 0.2) is 0 Å². The molecule has 0 spiro atoms. The minimum absolute atomic E-state index is 0.0771. The van der Waals surface area contributed by atoms with Gasteiger partial charge in [-0.3, -0.25) is 0 Å². The number of halogens is 1. The summed E-state index contributed by atoms with van der Waals surface area (Å²) in [6.45, 7) is 2.50. The molecule has 24 heavy (non-hydrogen) atoms. The van der Waals surface area contributed by atoms with Crippen molar-refractivity contribution in [1.29, 1.82) is 0 Å². The number of carbonyl (C=O) groups is 1. The summed E-state index contributed by atoms with van der Waals surface area (Å²) in [6.07, 6.45) is 3.20. The van der Waals surface area contributed by atoms with E-state index >= 15 is 0 Å². The van der Waals surface area contributed by atoms with Crippen molar-refractivity contribution in [2.75, 3.05) is 19.7 Å². The number of nitrogens with zero attached hydrogens (tertiary/aromatic N) is 1. The first-order valence-corrected chi connectivity index (χ1v) is 7.99. The molecule has 2 amide bonds. The quantitative estimate of drug-likeness (QED) is 0.580. The third kappa shape index (κ3) is 6.10. The Morgan fingerprint density at radius 2 is 2.29 bits per heavy atom. The van der Waals surface area contributed by atoms with E-state index in [-0.39, 0.29) is 19.2 Å². The summed E-state index contributed by atoms with van der Waals surface area (Å²) >= 11 is 5.94. The van der Waals surface area contributed by atoms with Gasteiger partial charge in [-0.15, -0.1) is 0 Å². The van der Waals surface area contributed by atoms with Crippen LogP contribution in [-0.2, 0) is 6.42 Å². The molecule has 0 radical (unpaired) electrons. The molecular formula is C16H21ClN4O3. The largest absolute Gasteiger partial charge is 0.491 e. The van der Waals surface area contributed by atoms with Crippen LogP contribution < -0.4 is 15.4 Å². The van der Waals surface area contributed by atoms with Gasteiger partial charge in [0, 0.05) is 36.9 Å². The van der Waals surface area contributed by atoms with Gasteiger partial charge >= 0.3 is 6.03 Å². The van der Waals surface area contributed by atoms with Crippen molar-refractivity contribution in [3.8, 4) is 5.75 Å². The predicted octanol–water partition coefficient (Wildman–Crippen LogP) is 1.65. The van der Waals surface area contributed by atoms with E-state index in [0.29, 0.717) is 23.7 Å². The lowest BCUT2D eigenvalue weighted by molar-refractivity contribution is 0.108. The summed E-state index contributed by atoms with van der Waals surface area (Å²) in [5, 5.41) is 15.8. The number of rotatable bonds is 8. The Balaban J connectivity index is 1.60. The van der Waals surface area contributed by atoms with Gasteiger partial charge in [-0.1, -0.05) is 11.6 Å². The molecule has 0 fully saturated rings. The Labute approximate surface area is 145 Å². The zero-order valence-corrected chi connectivity index (χ0v) is 14.1. The Morgan fingerprint density at radius 3 is 3.00 bits per heavy atom. The lowest BCUT2D eigenvalue weighted by Gasteiger charge is -2.14. The first kappa shape index (κ1) is 18.1. The van der Waals surface area contributed by atoms with Crippen molar-refractivity contribution in [2.45, 2.75) is 19.4 Å². The number of aromatic amines is 1. The lowest BCUT2D eigenvalue weighted by atomic mass is 10.2. The number of nitrogens with one attached hydrogen (secondary N) is 3. The maximum Gasteiger partial charge on any atom is 0.314 e. The summed E-state index contributed by atoms with van der Waals surface area (Å²) in [5.74, 6) is 1.43. The number of aliphatic hydroxyl groups excluding tert-OH is 1. The molecular weight excluding hydrogens is 332 g/mol. The van der Waals surface area contributed by atoms with Crippen molar-refractivity contribution >= 4 is 17.6 Å². The minimum Gasteiger partial charge on any atom is -0.491 e. The maximum absolute atomic E-state index is 11.6. The molecule has 2 aromatic rings. The van der Waals surface area contributed by atoms with E-state index in [0.717, 1.165) is 11.4 Å². The van der Waals surface area contributed by atoms with E-state index in [2.05, 4.69) is 20.6 Å². The Morgan fingerprint density at radius 1 is 1.46 bits per heavy atom. The van der Waals surface area contributed by atoms with Crippen molar-refractivity contribution in [3.63, 3.8) is 0 Å². The molecule has 1 atom stereocenters. The second kappa shape index (κ2) is 9.14. The summed E-state index contributed by atoms with van der Waals surface area (Å²) in [4.78, 5) is 18.6. The zero-order chi connectivity index (χ0) is 17.4. The molecule has 1 aromatic carbocycles. The highest BCUT2D eigenvalue weighted by Gasteiger charge is 2.08. The fraction of sp³-hybridized carbons (Fsp3) is 0.375. The number of ether oxygens (including phenoxy) is 1. The number of H-pyrrole nitrogens is 1. The molecule has 4 N–H and O–H groups in total. The van der Waals surface area contributed by atoms with Crippen molar-refractivity contribution in [1.82, 2.24) is 20.6 Å². The molecule has 0 aliphatic heterocycles. The van der Waals surface area contributed by atoms with Crippen LogP contribution in [0.15, 0.2) is 30.6 Å². The van der Waals surface area contributed by atoms with Crippen LogP contribution in [0.5, 0.6) is 5.75 Å². The monoisotopic (exact) mass is 352 g/mol. The number of aryl methyl sites for hydroxylation is 1. The van der Waals surface area contributed by atoms with Crippen LogP contribution in [0.4, 0.5) is 4.79 Å². The molecule has 0 bridgehead atoms. The number of imidazole rings is 1. The normalized spacial score (nSPS) is 11.8. The van der Waals surface area contributed by atoms with Crippen LogP contribution in [0.3, 0.4) is 0 Å². The smallest absolute Gasteiger partial charge is 0.314 e. The van der Waals surface area contributed by atoms with Gasteiger partial charge in [-0.05, 0) is 30.7 Å². The number of carbonyl (C=O) groups excluding carboxylic acids is 1. The highest BCUT2D eigenvalue weighted by Crippen LogP contribution is 2.20. The molecule has 8 heteroatoms. The Kier molecular flexibility index (Phi) is 6.89. The van der Waals surface area contributed by atoms with E-state index in [4.69, 9.17) is 16.3 Å². The van der Waals surface area contributed by atoms with Gasteiger partial charge in [-0.2, -0.15) is 0 Å².